The average Bonchev–Trinajstić information content (AvgIpc) is 3.35. The van der Waals surface area contributed by atoms with Crippen LogP contribution < -0.4 is 10.0 Å². The molecule has 7 heteroatoms. The standard InChI is InChI=1S/C28H28N2O4S/c1-17-7-8-18(2)26(15-17)30-35(32,33)21-13-14-25-24(16-21)22-5-4-6-23(22)27(29-25)19-9-11-20(12-10-19)28(31)34-3/h4-5,7-16,22-23,27,29-30H,6H2,1-3H3/t22-,23+,27+/m0/s1. The average molecular weight is 489 g/mol. The molecule has 2 N–H and O–H groups in total. The summed E-state index contributed by atoms with van der Waals surface area (Å²) in [6, 6.07) is 18.5. The van der Waals surface area contributed by atoms with Crippen LogP contribution in [0.5, 0.6) is 0 Å². The van der Waals surface area contributed by atoms with Gasteiger partial charge >= 0.3 is 5.97 Å². The highest BCUT2D eigenvalue weighted by atomic mass is 32.2. The lowest BCUT2D eigenvalue weighted by molar-refractivity contribution is 0.0600. The molecule has 2 aliphatic rings. The molecule has 1 aliphatic heterocycles. The van der Waals surface area contributed by atoms with Crippen LogP contribution >= 0.6 is 0 Å². The molecular formula is C28H28N2O4S. The van der Waals surface area contributed by atoms with Gasteiger partial charge in [-0.3, -0.25) is 4.72 Å². The van der Waals surface area contributed by atoms with Crippen LogP contribution in [0.2, 0.25) is 0 Å². The number of ether oxygens (including phenoxy) is 1. The van der Waals surface area contributed by atoms with Crippen molar-refractivity contribution in [3.8, 4) is 0 Å². The summed E-state index contributed by atoms with van der Waals surface area (Å²) >= 11 is 0. The van der Waals surface area contributed by atoms with Gasteiger partial charge < -0.3 is 10.1 Å². The van der Waals surface area contributed by atoms with E-state index in [1.165, 1.54) is 7.11 Å². The smallest absolute Gasteiger partial charge is 0.337 e. The van der Waals surface area contributed by atoms with E-state index in [1.54, 1.807) is 24.3 Å². The SMILES string of the molecule is COC(=O)c1ccc([C@H]2Nc3ccc(S(=O)(=O)Nc4cc(C)ccc4C)cc3[C@H]3C=CC[C@H]32)cc1. The van der Waals surface area contributed by atoms with E-state index in [0.717, 1.165) is 34.4 Å². The summed E-state index contributed by atoms with van der Waals surface area (Å²) in [4.78, 5) is 12.1. The molecule has 3 aromatic rings. The normalized spacial score (nSPS) is 20.5. The molecule has 6 nitrogen and oxygen atoms in total. The number of fused-ring (bicyclic) bond motifs is 3. The molecule has 5 rings (SSSR count). The summed E-state index contributed by atoms with van der Waals surface area (Å²) in [5.74, 6) is -0.00842. The molecule has 3 aromatic carbocycles. The second kappa shape index (κ2) is 8.89. The first-order valence-electron chi connectivity index (χ1n) is 11.6. The van der Waals surface area contributed by atoms with E-state index < -0.39 is 10.0 Å². The van der Waals surface area contributed by atoms with E-state index in [2.05, 4.69) is 22.2 Å². The molecule has 0 unspecified atom stereocenters. The van der Waals surface area contributed by atoms with E-state index >= 15 is 0 Å². The quantitative estimate of drug-likeness (QED) is 0.355. The van der Waals surface area contributed by atoms with E-state index in [9.17, 15) is 13.2 Å². The van der Waals surface area contributed by atoms with E-state index in [4.69, 9.17) is 4.74 Å². The predicted octanol–water partition coefficient (Wildman–Crippen LogP) is 5.72. The number of carbonyl (C=O) groups excluding carboxylic acids is 1. The molecule has 0 bridgehead atoms. The highest BCUT2D eigenvalue weighted by Crippen LogP contribution is 2.50. The molecule has 0 aromatic heterocycles. The van der Waals surface area contributed by atoms with Gasteiger partial charge in [0.15, 0.2) is 0 Å². The number of benzene rings is 3. The second-order valence-corrected chi connectivity index (χ2v) is 10.9. The van der Waals surface area contributed by atoms with Crippen LogP contribution in [0.25, 0.3) is 0 Å². The third-order valence-electron chi connectivity index (χ3n) is 6.97. The molecule has 0 saturated heterocycles. The third kappa shape index (κ3) is 4.32. The molecule has 0 amide bonds. The Morgan fingerprint density at radius 3 is 2.54 bits per heavy atom. The lowest BCUT2D eigenvalue weighted by Crippen LogP contribution is -2.29. The van der Waals surface area contributed by atoms with Crippen LogP contribution in [-0.4, -0.2) is 21.5 Å². The Morgan fingerprint density at radius 2 is 1.80 bits per heavy atom. The summed E-state index contributed by atoms with van der Waals surface area (Å²) in [5.41, 5.74) is 5.96. The maximum atomic E-state index is 13.3. The Morgan fingerprint density at radius 1 is 1.03 bits per heavy atom. The number of methoxy groups -OCH3 is 1. The fourth-order valence-electron chi connectivity index (χ4n) is 5.06. The molecule has 180 valence electrons. The minimum atomic E-state index is -3.74. The molecule has 35 heavy (non-hydrogen) atoms. The van der Waals surface area contributed by atoms with Crippen molar-refractivity contribution in [3.05, 3.63) is 101 Å². The van der Waals surface area contributed by atoms with Crippen LogP contribution in [-0.2, 0) is 14.8 Å². The number of carbonyl (C=O) groups is 1. The van der Waals surface area contributed by atoms with E-state index in [0.29, 0.717) is 11.3 Å². The van der Waals surface area contributed by atoms with Gasteiger partial charge in [-0.1, -0.05) is 36.4 Å². The van der Waals surface area contributed by atoms with Gasteiger partial charge in [-0.15, -0.1) is 0 Å². The van der Waals surface area contributed by atoms with Gasteiger partial charge in [0.1, 0.15) is 0 Å². The van der Waals surface area contributed by atoms with Gasteiger partial charge in [-0.2, -0.15) is 0 Å². The topological polar surface area (TPSA) is 84.5 Å². The fraction of sp³-hybridized carbons (Fsp3) is 0.250. The monoisotopic (exact) mass is 488 g/mol. The van der Waals surface area contributed by atoms with Crippen LogP contribution in [0, 0.1) is 19.8 Å². The Bertz CT molecular complexity index is 1430. The van der Waals surface area contributed by atoms with Crippen LogP contribution in [0.3, 0.4) is 0 Å². The number of hydrogen-bond acceptors (Lipinski definition) is 5. The molecular weight excluding hydrogens is 460 g/mol. The van der Waals surface area contributed by atoms with Gasteiger partial charge in [-0.25, -0.2) is 13.2 Å². The van der Waals surface area contributed by atoms with Crippen molar-refractivity contribution in [1.82, 2.24) is 0 Å². The molecule has 3 atom stereocenters. The number of rotatable bonds is 5. The number of nitrogens with one attached hydrogen (secondary N) is 2. The zero-order valence-electron chi connectivity index (χ0n) is 19.9. The van der Waals surface area contributed by atoms with Crippen molar-refractivity contribution >= 4 is 27.4 Å². The van der Waals surface area contributed by atoms with Gasteiger partial charge in [0.05, 0.1) is 29.3 Å². The minimum Gasteiger partial charge on any atom is -0.465 e. The lowest BCUT2D eigenvalue weighted by atomic mass is 9.77. The molecule has 1 aliphatic carbocycles. The van der Waals surface area contributed by atoms with E-state index in [-0.39, 0.29) is 28.7 Å². The van der Waals surface area contributed by atoms with Crippen molar-refractivity contribution in [2.24, 2.45) is 5.92 Å². The number of aryl methyl sites for hydroxylation is 2. The van der Waals surface area contributed by atoms with Gasteiger partial charge in [0.2, 0.25) is 0 Å². The Balaban J connectivity index is 1.46. The van der Waals surface area contributed by atoms with Crippen molar-refractivity contribution in [3.63, 3.8) is 0 Å². The summed E-state index contributed by atoms with van der Waals surface area (Å²) in [7, 11) is -2.37. The number of esters is 1. The number of sulfonamides is 1. The summed E-state index contributed by atoms with van der Waals surface area (Å²) < 4.78 is 34.1. The molecule has 0 radical (unpaired) electrons. The second-order valence-electron chi connectivity index (χ2n) is 9.26. The van der Waals surface area contributed by atoms with Crippen LogP contribution in [0.15, 0.2) is 77.7 Å². The first kappa shape index (κ1) is 23.2. The first-order chi connectivity index (χ1) is 16.8. The molecule has 0 fully saturated rings. The largest absolute Gasteiger partial charge is 0.465 e. The van der Waals surface area contributed by atoms with Crippen molar-refractivity contribution in [2.45, 2.75) is 37.1 Å². The number of hydrogen-bond donors (Lipinski definition) is 2. The van der Waals surface area contributed by atoms with Crippen molar-refractivity contribution in [2.75, 3.05) is 17.1 Å². The fourth-order valence-corrected chi connectivity index (χ4v) is 6.22. The van der Waals surface area contributed by atoms with Gasteiger partial charge in [0, 0.05) is 11.6 Å². The minimum absolute atomic E-state index is 0.0460. The molecule has 0 spiro atoms. The zero-order chi connectivity index (χ0) is 24.7. The number of allylic oxidation sites excluding steroid dienone is 2. The number of anilines is 2. The van der Waals surface area contributed by atoms with E-state index in [1.807, 2.05) is 50.2 Å². The maximum absolute atomic E-state index is 13.3. The maximum Gasteiger partial charge on any atom is 0.337 e. The Hall–Kier alpha value is -3.58. The predicted molar refractivity (Wildman–Crippen MR) is 137 cm³/mol. The van der Waals surface area contributed by atoms with Crippen molar-refractivity contribution in [1.29, 1.82) is 0 Å². The van der Waals surface area contributed by atoms with Gasteiger partial charge in [0.25, 0.3) is 10.0 Å². The zero-order valence-corrected chi connectivity index (χ0v) is 20.7. The van der Waals surface area contributed by atoms with Gasteiger partial charge in [-0.05, 0) is 84.8 Å². The van der Waals surface area contributed by atoms with Crippen LogP contribution in [0.1, 0.15) is 51.0 Å². The first-order valence-corrected chi connectivity index (χ1v) is 13.1. The third-order valence-corrected chi connectivity index (χ3v) is 8.34. The Labute approximate surface area is 206 Å². The summed E-state index contributed by atoms with van der Waals surface area (Å²) in [6.45, 7) is 3.83. The Kier molecular flexibility index (Phi) is 5.89. The highest BCUT2D eigenvalue weighted by Gasteiger charge is 2.38. The van der Waals surface area contributed by atoms with Crippen LogP contribution in [0.4, 0.5) is 11.4 Å². The lowest BCUT2D eigenvalue weighted by Gasteiger charge is -2.37. The summed E-state index contributed by atoms with van der Waals surface area (Å²) in [5, 5.41) is 3.62. The molecule has 0 saturated carbocycles. The van der Waals surface area contributed by atoms with Crippen molar-refractivity contribution < 1.29 is 17.9 Å². The molecule has 1 heterocycles. The summed E-state index contributed by atoms with van der Waals surface area (Å²) in [6.07, 6.45) is 5.23. The highest BCUT2D eigenvalue weighted by molar-refractivity contribution is 7.92.